The molecule has 0 aliphatic carbocycles. The van der Waals surface area contributed by atoms with Crippen LogP contribution in [0.3, 0.4) is 0 Å². The SMILES string of the molecule is Fc1ccc(C2(F)CCNC2)c(Cl)c1. The fraction of sp³-hybridized carbons (Fsp3) is 0.400. The summed E-state index contributed by atoms with van der Waals surface area (Å²) >= 11 is 5.79. The summed E-state index contributed by atoms with van der Waals surface area (Å²) in [6.45, 7) is 0.878. The Hall–Kier alpha value is -0.670. The Morgan fingerprint density at radius 2 is 2.21 bits per heavy atom. The minimum atomic E-state index is -1.44. The summed E-state index contributed by atoms with van der Waals surface area (Å²) in [5.41, 5.74) is -1.06. The van der Waals surface area contributed by atoms with Crippen molar-refractivity contribution in [1.82, 2.24) is 5.32 Å². The number of nitrogens with one attached hydrogen (secondary N) is 1. The molecule has 1 heterocycles. The molecule has 1 atom stereocenters. The third-order valence-corrected chi connectivity index (χ3v) is 2.83. The number of halogens is 3. The van der Waals surface area contributed by atoms with Gasteiger partial charge in [0.15, 0.2) is 5.67 Å². The van der Waals surface area contributed by atoms with E-state index in [0.717, 1.165) is 6.07 Å². The molecule has 1 fully saturated rings. The van der Waals surface area contributed by atoms with Crippen LogP contribution < -0.4 is 5.32 Å². The summed E-state index contributed by atoms with van der Waals surface area (Å²) in [6, 6.07) is 3.81. The molecule has 0 bridgehead atoms. The highest BCUT2D eigenvalue weighted by molar-refractivity contribution is 6.31. The monoisotopic (exact) mass is 217 g/mol. The second-order valence-electron chi connectivity index (χ2n) is 3.52. The second-order valence-corrected chi connectivity index (χ2v) is 3.92. The molecule has 14 heavy (non-hydrogen) atoms. The van der Waals surface area contributed by atoms with Gasteiger partial charge in [-0.3, -0.25) is 0 Å². The zero-order valence-electron chi connectivity index (χ0n) is 7.49. The largest absolute Gasteiger partial charge is 0.313 e. The first kappa shape index (κ1) is 9.87. The molecule has 1 aromatic rings. The first-order valence-electron chi connectivity index (χ1n) is 4.47. The minimum Gasteiger partial charge on any atom is -0.313 e. The highest BCUT2D eigenvalue weighted by Gasteiger charge is 2.37. The molecule has 0 aromatic heterocycles. The standard InChI is InChI=1S/C10H10ClF2N/c11-9-5-7(12)1-2-8(9)10(13)3-4-14-6-10/h1-2,5,14H,3-4,6H2. The van der Waals surface area contributed by atoms with E-state index in [1.165, 1.54) is 12.1 Å². The molecule has 0 saturated carbocycles. The summed E-state index contributed by atoms with van der Waals surface area (Å²) in [6.07, 6.45) is 0.387. The quantitative estimate of drug-likeness (QED) is 0.763. The molecule has 4 heteroatoms. The smallest absolute Gasteiger partial charge is 0.151 e. The maximum Gasteiger partial charge on any atom is 0.151 e. The molecule has 1 aliphatic rings. The van der Waals surface area contributed by atoms with Gasteiger partial charge >= 0.3 is 0 Å². The van der Waals surface area contributed by atoms with Gasteiger partial charge < -0.3 is 5.32 Å². The van der Waals surface area contributed by atoms with Crippen molar-refractivity contribution in [2.24, 2.45) is 0 Å². The minimum absolute atomic E-state index is 0.163. The molecule has 1 N–H and O–H groups in total. The molecule has 2 rings (SSSR count). The van der Waals surface area contributed by atoms with Crippen LogP contribution in [0, 0.1) is 5.82 Å². The van der Waals surface area contributed by atoms with Crippen molar-refractivity contribution in [3.63, 3.8) is 0 Å². The van der Waals surface area contributed by atoms with Gasteiger partial charge in [-0.05, 0) is 25.1 Å². The van der Waals surface area contributed by atoms with E-state index in [2.05, 4.69) is 5.32 Å². The molecule has 0 radical (unpaired) electrons. The molecular formula is C10H10ClF2N. The summed E-state index contributed by atoms with van der Waals surface area (Å²) in [7, 11) is 0. The third-order valence-electron chi connectivity index (χ3n) is 2.52. The van der Waals surface area contributed by atoms with Crippen molar-refractivity contribution in [2.75, 3.05) is 13.1 Å². The van der Waals surface area contributed by atoms with E-state index in [1.54, 1.807) is 0 Å². The molecule has 76 valence electrons. The molecule has 1 saturated heterocycles. The Kier molecular flexibility index (Phi) is 2.45. The number of alkyl halides is 1. The van der Waals surface area contributed by atoms with Gasteiger partial charge in [-0.2, -0.15) is 0 Å². The van der Waals surface area contributed by atoms with Crippen LogP contribution in [0.1, 0.15) is 12.0 Å². The average Bonchev–Trinajstić information content (AvgIpc) is 2.52. The number of hydrogen-bond donors (Lipinski definition) is 1. The van der Waals surface area contributed by atoms with Crippen LogP contribution in [-0.2, 0) is 5.67 Å². The van der Waals surface area contributed by atoms with Gasteiger partial charge in [0.05, 0.1) is 0 Å². The molecule has 1 nitrogen and oxygen atoms in total. The van der Waals surface area contributed by atoms with Gasteiger partial charge in [-0.1, -0.05) is 17.7 Å². The van der Waals surface area contributed by atoms with E-state index < -0.39 is 11.5 Å². The van der Waals surface area contributed by atoms with Gasteiger partial charge in [-0.25, -0.2) is 8.78 Å². The van der Waals surface area contributed by atoms with Crippen LogP contribution in [0.25, 0.3) is 0 Å². The first-order chi connectivity index (χ1) is 6.62. The highest BCUT2D eigenvalue weighted by atomic mass is 35.5. The van der Waals surface area contributed by atoms with Crippen LogP contribution in [0.2, 0.25) is 5.02 Å². The lowest BCUT2D eigenvalue weighted by Gasteiger charge is -2.19. The number of hydrogen-bond acceptors (Lipinski definition) is 1. The molecule has 1 aliphatic heterocycles. The topological polar surface area (TPSA) is 12.0 Å². The molecular weight excluding hydrogens is 208 g/mol. The van der Waals surface area contributed by atoms with Crippen molar-refractivity contribution in [3.8, 4) is 0 Å². The molecule has 1 aromatic carbocycles. The third kappa shape index (κ3) is 1.62. The Morgan fingerprint density at radius 1 is 1.43 bits per heavy atom. The lowest BCUT2D eigenvalue weighted by atomic mass is 9.95. The van der Waals surface area contributed by atoms with E-state index in [4.69, 9.17) is 11.6 Å². The van der Waals surface area contributed by atoms with Gasteiger partial charge in [0.1, 0.15) is 5.82 Å². The number of rotatable bonds is 1. The van der Waals surface area contributed by atoms with Gasteiger partial charge in [0, 0.05) is 17.1 Å². The van der Waals surface area contributed by atoms with E-state index in [1.807, 2.05) is 0 Å². The van der Waals surface area contributed by atoms with Crippen molar-refractivity contribution < 1.29 is 8.78 Å². The zero-order chi connectivity index (χ0) is 10.2. The normalized spacial score (nSPS) is 26.8. The predicted octanol–water partition coefficient (Wildman–Crippen LogP) is 2.64. The summed E-state index contributed by atoms with van der Waals surface area (Å²) in [4.78, 5) is 0. The van der Waals surface area contributed by atoms with Crippen LogP contribution in [-0.4, -0.2) is 13.1 Å². The van der Waals surface area contributed by atoms with Crippen molar-refractivity contribution in [3.05, 3.63) is 34.6 Å². The fourth-order valence-corrected chi connectivity index (χ4v) is 2.08. The Morgan fingerprint density at radius 3 is 2.79 bits per heavy atom. The lowest BCUT2D eigenvalue weighted by molar-refractivity contribution is 0.193. The van der Waals surface area contributed by atoms with E-state index in [0.29, 0.717) is 18.5 Å². The molecule has 0 amide bonds. The predicted molar refractivity (Wildman–Crippen MR) is 51.7 cm³/mol. The second kappa shape index (κ2) is 3.48. The van der Waals surface area contributed by atoms with Crippen LogP contribution in [0.15, 0.2) is 18.2 Å². The van der Waals surface area contributed by atoms with Gasteiger partial charge in [0.25, 0.3) is 0 Å². The number of benzene rings is 1. The maximum absolute atomic E-state index is 14.2. The fourth-order valence-electron chi connectivity index (χ4n) is 1.74. The summed E-state index contributed by atoms with van der Waals surface area (Å²) in [5.74, 6) is -0.437. The van der Waals surface area contributed by atoms with Crippen molar-refractivity contribution in [2.45, 2.75) is 12.1 Å². The van der Waals surface area contributed by atoms with E-state index in [-0.39, 0.29) is 11.6 Å². The van der Waals surface area contributed by atoms with Crippen molar-refractivity contribution in [1.29, 1.82) is 0 Å². The van der Waals surface area contributed by atoms with Crippen LogP contribution in [0.5, 0.6) is 0 Å². The lowest BCUT2D eigenvalue weighted by Crippen LogP contribution is -2.23. The highest BCUT2D eigenvalue weighted by Crippen LogP contribution is 2.36. The zero-order valence-corrected chi connectivity index (χ0v) is 8.24. The van der Waals surface area contributed by atoms with Crippen LogP contribution >= 0.6 is 11.6 Å². The maximum atomic E-state index is 14.2. The Labute approximate surface area is 86.1 Å². The summed E-state index contributed by atoms with van der Waals surface area (Å²) in [5, 5.41) is 3.09. The Balaban J connectivity index is 2.40. The van der Waals surface area contributed by atoms with Crippen molar-refractivity contribution >= 4 is 11.6 Å². The van der Waals surface area contributed by atoms with E-state index in [9.17, 15) is 8.78 Å². The molecule has 0 spiro atoms. The van der Waals surface area contributed by atoms with Gasteiger partial charge in [-0.15, -0.1) is 0 Å². The van der Waals surface area contributed by atoms with E-state index >= 15 is 0 Å². The Bertz CT molecular complexity index is 348. The van der Waals surface area contributed by atoms with Gasteiger partial charge in [0.2, 0.25) is 0 Å². The molecule has 1 unspecified atom stereocenters. The summed E-state index contributed by atoms with van der Waals surface area (Å²) < 4.78 is 26.9. The van der Waals surface area contributed by atoms with Crippen LogP contribution in [0.4, 0.5) is 8.78 Å². The average molecular weight is 218 g/mol. The first-order valence-corrected chi connectivity index (χ1v) is 4.85.